The Morgan fingerprint density at radius 1 is 1.04 bits per heavy atom. The third-order valence-corrected chi connectivity index (χ3v) is 3.66. The number of ketones is 1. The van der Waals surface area contributed by atoms with Gasteiger partial charge in [-0.05, 0) is 18.1 Å². The van der Waals surface area contributed by atoms with Gasteiger partial charge in [0.2, 0.25) is 10.9 Å². The average molecular weight is 349 g/mol. The Hall–Kier alpha value is -2.02. The molecule has 0 saturated heterocycles. The molecule has 0 aliphatic rings. The number of ether oxygens (including phenoxy) is 1. The van der Waals surface area contributed by atoms with E-state index in [9.17, 15) is 13.2 Å². The third kappa shape index (κ3) is 7.50. The van der Waals surface area contributed by atoms with Gasteiger partial charge in [-0.2, -0.15) is 0 Å². The Morgan fingerprint density at radius 3 is 2.29 bits per heavy atom. The number of carbonyl (C=O) groups excluding carboxylic acids is 1. The molecule has 130 valence electrons. The van der Waals surface area contributed by atoms with Crippen LogP contribution in [0.2, 0.25) is 0 Å². The zero-order chi connectivity index (χ0) is 17.8. The zero-order valence-electron chi connectivity index (χ0n) is 13.9. The first-order valence-corrected chi connectivity index (χ1v) is 8.81. The summed E-state index contributed by atoms with van der Waals surface area (Å²) in [5.74, 6) is 0.0934. The van der Waals surface area contributed by atoms with Crippen LogP contribution in [-0.4, -0.2) is 34.5 Å². The monoisotopic (exact) mass is 349 g/mol. The Labute approximate surface area is 144 Å². The van der Waals surface area contributed by atoms with Crippen molar-refractivity contribution in [3.63, 3.8) is 0 Å². The van der Waals surface area contributed by atoms with Gasteiger partial charge in [0.05, 0.1) is 6.61 Å². The van der Waals surface area contributed by atoms with Gasteiger partial charge in [-0.1, -0.05) is 55.5 Å². The molecule has 0 aliphatic carbocycles. The normalized spacial score (nSPS) is 10.1. The second-order valence-corrected chi connectivity index (χ2v) is 5.74. The molecule has 0 spiro atoms. The number of carbonyl (C=O) groups is 1. The lowest BCUT2D eigenvalue weighted by atomic mass is 10.0. The van der Waals surface area contributed by atoms with Crippen molar-refractivity contribution in [2.75, 3.05) is 20.3 Å². The second kappa shape index (κ2) is 11.5. The zero-order valence-corrected chi connectivity index (χ0v) is 14.8. The molecule has 0 saturated carbocycles. The fraction of sp³-hybridized carbons (Fsp3) is 0.278. The molecule has 0 amide bonds. The number of hydrogen-bond donors (Lipinski definition) is 2. The fourth-order valence-electron chi connectivity index (χ4n) is 1.93. The van der Waals surface area contributed by atoms with E-state index in [1.165, 1.54) is 12.7 Å². The van der Waals surface area contributed by atoms with E-state index in [0.717, 1.165) is 17.5 Å². The highest BCUT2D eigenvalue weighted by molar-refractivity contribution is 7.70. The molecule has 0 aromatic heterocycles. The molecule has 5 nitrogen and oxygen atoms in total. The number of thiol groups is 1. The molecule has 0 aliphatic heterocycles. The van der Waals surface area contributed by atoms with Crippen molar-refractivity contribution in [2.24, 2.45) is 0 Å². The number of rotatable bonds is 7. The maximum Gasteiger partial charge on any atom is 0.201 e. The van der Waals surface area contributed by atoms with Gasteiger partial charge in [-0.25, -0.2) is 13.1 Å². The third-order valence-electron chi connectivity index (χ3n) is 3.18. The van der Waals surface area contributed by atoms with Crippen LogP contribution < -0.4 is 4.72 Å². The van der Waals surface area contributed by atoms with Gasteiger partial charge in [-0.3, -0.25) is 4.79 Å². The first-order valence-electron chi connectivity index (χ1n) is 7.64. The predicted molar refractivity (Wildman–Crippen MR) is 95.9 cm³/mol. The Balaban J connectivity index is 0.000000307. The first kappa shape index (κ1) is 20.0. The van der Waals surface area contributed by atoms with Crippen LogP contribution in [0.5, 0.6) is 0 Å². The van der Waals surface area contributed by atoms with E-state index >= 15 is 0 Å². The van der Waals surface area contributed by atoms with Gasteiger partial charge in [0.25, 0.3) is 0 Å². The maximum absolute atomic E-state index is 12.1. The van der Waals surface area contributed by atoms with E-state index in [1.54, 1.807) is 0 Å². The van der Waals surface area contributed by atoms with Crippen LogP contribution in [0, 0.1) is 0 Å². The first-order chi connectivity index (χ1) is 11.6. The van der Waals surface area contributed by atoms with Crippen LogP contribution in [0.3, 0.4) is 0 Å². The van der Waals surface area contributed by atoms with Gasteiger partial charge in [-0.15, -0.1) is 0 Å². The Morgan fingerprint density at radius 2 is 1.71 bits per heavy atom. The number of benzene rings is 2. The molecule has 0 bridgehead atoms. The lowest BCUT2D eigenvalue weighted by Crippen LogP contribution is -2.16. The van der Waals surface area contributed by atoms with Crippen molar-refractivity contribution in [3.8, 4) is 0 Å². The van der Waals surface area contributed by atoms with E-state index in [4.69, 9.17) is 0 Å². The number of hydrogen-bond acceptors (Lipinski definition) is 4. The minimum absolute atomic E-state index is 0.0934. The van der Waals surface area contributed by atoms with E-state index in [1.807, 2.05) is 54.6 Å². The van der Waals surface area contributed by atoms with Gasteiger partial charge in [0.1, 0.15) is 0 Å². The highest BCUT2D eigenvalue weighted by Gasteiger charge is 2.07. The molecule has 1 N–H and O–H groups in total. The van der Waals surface area contributed by atoms with Crippen molar-refractivity contribution >= 4 is 16.7 Å². The number of nitrogens with one attached hydrogen (secondary N) is 1. The highest BCUT2D eigenvalue weighted by atomic mass is 32.2. The van der Waals surface area contributed by atoms with Crippen LogP contribution in [0.1, 0.15) is 28.4 Å². The molecule has 2 rings (SSSR count). The summed E-state index contributed by atoms with van der Waals surface area (Å²) in [6.45, 7) is 2.87. The molecule has 2 aromatic carbocycles. The van der Waals surface area contributed by atoms with Crippen LogP contribution in [0.4, 0.5) is 0 Å². The standard InChI is InChI=1S/C15H14O.C3H9NO3S/c1-2-12-7-6-10-14(11-12)15(16)13-8-4-3-5-9-13;1-7-3-2-4-8(5)6/h3-11H,2H2,1H3;8H,2-3H2,1H3,(H,4,5,6). The van der Waals surface area contributed by atoms with E-state index < -0.39 is 10.9 Å². The van der Waals surface area contributed by atoms with E-state index in [-0.39, 0.29) is 5.78 Å². The summed E-state index contributed by atoms with van der Waals surface area (Å²) >= 11 is 0. The summed E-state index contributed by atoms with van der Waals surface area (Å²) in [4.78, 5) is 12.1. The summed E-state index contributed by atoms with van der Waals surface area (Å²) in [5.41, 5.74) is 2.71. The largest absolute Gasteiger partial charge is 0.383 e. The van der Waals surface area contributed by atoms with Crippen LogP contribution in [0.15, 0.2) is 54.6 Å². The Kier molecular flexibility index (Phi) is 9.60. The van der Waals surface area contributed by atoms with Crippen LogP contribution in [0.25, 0.3) is 0 Å². The molecule has 0 unspecified atom stereocenters. The summed E-state index contributed by atoms with van der Waals surface area (Å²) in [7, 11) is -0.929. The van der Waals surface area contributed by atoms with Crippen molar-refractivity contribution < 1.29 is 17.9 Å². The summed E-state index contributed by atoms with van der Waals surface area (Å²) in [5, 5.41) is 0. The lowest BCUT2D eigenvalue weighted by molar-refractivity contribution is 0.103. The minimum atomic E-state index is -2.44. The molecule has 0 fully saturated rings. The maximum atomic E-state index is 12.1. The van der Waals surface area contributed by atoms with E-state index in [2.05, 4.69) is 16.4 Å². The molecule has 0 heterocycles. The highest BCUT2D eigenvalue weighted by Crippen LogP contribution is 2.11. The number of aryl methyl sites for hydroxylation is 1. The number of methoxy groups -OCH3 is 1. The summed E-state index contributed by atoms with van der Waals surface area (Å²) < 4.78 is 26.2. The van der Waals surface area contributed by atoms with Gasteiger partial charge >= 0.3 is 0 Å². The SMILES string of the molecule is CCc1cccc(C(=O)c2ccccc2)c1.COCCN[SH](=O)=O. The van der Waals surface area contributed by atoms with Crippen molar-refractivity contribution in [2.45, 2.75) is 13.3 Å². The quantitative estimate of drug-likeness (QED) is 0.457. The molecule has 0 atom stereocenters. The van der Waals surface area contributed by atoms with E-state index in [0.29, 0.717) is 13.2 Å². The second-order valence-electron chi connectivity index (χ2n) is 4.91. The molecule has 0 radical (unpaired) electrons. The molecular formula is C18H23NO4S. The van der Waals surface area contributed by atoms with Crippen molar-refractivity contribution in [3.05, 3.63) is 71.3 Å². The smallest absolute Gasteiger partial charge is 0.201 e. The van der Waals surface area contributed by atoms with Crippen molar-refractivity contribution in [1.82, 2.24) is 4.72 Å². The fourth-order valence-corrected chi connectivity index (χ4v) is 2.20. The topological polar surface area (TPSA) is 72.5 Å². The summed E-state index contributed by atoms with van der Waals surface area (Å²) in [6.07, 6.45) is 0.954. The van der Waals surface area contributed by atoms with Crippen LogP contribution >= 0.6 is 0 Å². The minimum Gasteiger partial charge on any atom is -0.383 e. The lowest BCUT2D eigenvalue weighted by Gasteiger charge is -2.03. The van der Waals surface area contributed by atoms with Crippen molar-refractivity contribution in [1.29, 1.82) is 0 Å². The van der Waals surface area contributed by atoms with Gasteiger partial charge < -0.3 is 4.74 Å². The average Bonchev–Trinajstić information content (AvgIpc) is 2.62. The van der Waals surface area contributed by atoms with Gasteiger partial charge in [0.15, 0.2) is 5.78 Å². The molecular weight excluding hydrogens is 326 g/mol. The van der Waals surface area contributed by atoms with Crippen LogP contribution in [-0.2, 0) is 22.0 Å². The molecule has 2 aromatic rings. The molecule has 6 heteroatoms. The Bertz CT molecular complexity index is 691. The van der Waals surface area contributed by atoms with Gasteiger partial charge in [0, 0.05) is 24.8 Å². The molecule has 24 heavy (non-hydrogen) atoms. The predicted octanol–water partition coefficient (Wildman–Crippen LogP) is 2.23. The summed E-state index contributed by atoms with van der Waals surface area (Å²) in [6, 6.07) is 17.2.